The van der Waals surface area contributed by atoms with Gasteiger partial charge in [-0.25, -0.2) is 0 Å². The van der Waals surface area contributed by atoms with Crippen molar-refractivity contribution in [2.75, 3.05) is 6.61 Å². The molecule has 0 aliphatic rings. The number of hydrogen-bond acceptors (Lipinski definition) is 5. The lowest BCUT2D eigenvalue weighted by molar-refractivity contribution is -0.156. The molecule has 272 valence electrons. The Morgan fingerprint density at radius 2 is 1.07 bits per heavy atom. The van der Waals surface area contributed by atoms with Crippen LogP contribution in [0.15, 0.2) is 24.8 Å². The number of allylic oxidation sites excluding steroid dienone is 2. The Labute approximate surface area is 290 Å². The number of carbonyl (C=O) groups excluding carboxylic acids is 1. The van der Waals surface area contributed by atoms with Crippen molar-refractivity contribution in [3.05, 3.63) is 24.8 Å². The molecule has 0 aromatic carbocycles. The predicted molar refractivity (Wildman–Crippen MR) is 208 cm³/mol. The molecule has 0 bridgehead atoms. The summed E-state index contributed by atoms with van der Waals surface area (Å²) in [6.07, 6.45) is 6.90. The molecule has 0 amide bonds. The van der Waals surface area contributed by atoms with Gasteiger partial charge in [-0.05, 0) is 93.4 Å². The quantitative estimate of drug-likeness (QED) is 0.0539. The zero-order chi connectivity index (χ0) is 35.8. The van der Waals surface area contributed by atoms with E-state index in [1.54, 1.807) is 0 Å². The van der Waals surface area contributed by atoms with Crippen molar-refractivity contribution in [1.29, 1.82) is 0 Å². The standard InChI is InChI=1S/C38H78O5Si3/c1-17-27-28-31(11)35(42-45(21-5,22-6)23-7)33(13)36(43-46(24-8,25-9)26-10)32(12)29-34(30-40-37(39)38(14,15)16)41-44(18-2,19-3)20-4/h17,27-28,31-36H,1,18-26,29-30H2,2-16H3/b28-27-/t31-,32-,33-,34-,35-,36-/m0/s1. The van der Waals surface area contributed by atoms with Gasteiger partial charge >= 0.3 is 5.97 Å². The Morgan fingerprint density at radius 1 is 0.674 bits per heavy atom. The van der Waals surface area contributed by atoms with Crippen molar-refractivity contribution in [2.45, 2.75) is 183 Å². The predicted octanol–water partition coefficient (Wildman–Crippen LogP) is 11.8. The molecule has 0 rings (SSSR count). The molecule has 0 aromatic rings. The van der Waals surface area contributed by atoms with E-state index in [4.69, 9.17) is 18.0 Å². The van der Waals surface area contributed by atoms with E-state index in [9.17, 15) is 4.79 Å². The second kappa shape index (κ2) is 21.5. The van der Waals surface area contributed by atoms with Gasteiger partial charge in [-0.2, -0.15) is 0 Å². The highest BCUT2D eigenvalue weighted by Gasteiger charge is 2.44. The fourth-order valence-electron chi connectivity index (χ4n) is 7.00. The summed E-state index contributed by atoms with van der Waals surface area (Å²) in [4.78, 5) is 12.9. The van der Waals surface area contributed by atoms with Crippen molar-refractivity contribution >= 4 is 30.9 Å². The van der Waals surface area contributed by atoms with E-state index in [0.717, 1.165) is 60.8 Å². The Balaban J connectivity index is 6.98. The van der Waals surface area contributed by atoms with E-state index in [1.165, 1.54) is 0 Å². The van der Waals surface area contributed by atoms with Crippen LogP contribution in [0.5, 0.6) is 0 Å². The van der Waals surface area contributed by atoms with E-state index in [1.807, 2.05) is 26.8 Å². The third-order valence-corrected chi connectivity index (χ3v) is 25.3. The highest BCUT2D eigenvalue weighted by atomic mass is 28.4. The molecule has 0 heterocycles. The van der Waals surface area contributed by atoms with Crippen LogP contribution in [0.2, 0.25) is 54.4 Å². The highest BCUT2D eigenvalue weighted by molar-refractivity contribution is 6.74. The maximum Gasteiger partial charge on any atom is 0.311 e. The Bertz CT molecular complexity index is 849. The highest BCUT2D eigenvalue weighted by Crippen LogP contribution is 2.38. The third kappa shape index (κ3) is 13.4. The summed E-state index contributed by atoms with van der Waals surface area (Å²) in [5.74, 6) is 0.432. The number of esters is 1. The Hall–Kier alpha value is -0.519. The van der Waals surface area contributed by atoms with Crippen LogP contribution >= 0.6 is 0 Å². The first-order valence-electron chi connectivity index (χ1n) is 19.0. The monoisotopic (exact) mass is 699 g/mol. The number of carbonyl (C=O) groups is 1. The van der Waals surface area contributed by atoms with Gasteiger partial charge in [-0.3, -0.25) is 4.79 Å². The zero-order valence-electron chi connectivity index (χ0n) is 33.2. The van der Waals surface area contributed by atoms with Crippen LogP contribution in [-0.4, -0.2) is 55.8 Å². The molecule has 6 atom stereocenters. The van der Waals surface area contributed by atoms with Crippen molar-refractivity contribution in [2.24, 2.45) is 23.2 Å². The maximum atomic E-state index is 12.9. The smallest absolute Gasteiger partial charge is 0.311 e. The van der Waals surface area contributed by atoms with Crippen LogP contribution in [0.1, 0.15) is 110 Å². The lowest BCUT2D eigenvalue weighted by Gasteiger charge is -2.46. The molecule has 0 spiro atoms. The van der Waals surface area contributed by atoms with Crippen LogP contribution in [0.3, 0.4) is 0 Å². The maximum absolute atomic E-state index is 12.9. The molecule has 8 heteroatoms. The Morgan fingerprint density at radius 3 is 1.43 bits per heavy atom. The van der Waals surface area contributed by atoms with Gasteiger partial charge in [0.2, 0.25) is 0 Å². The molecule has 0 aliphatic heterocycles. The minimum absolute atomic E-state index is 0.0127. The molecular weight excluding hydrogens is 621 g/mol. The first-order chi connectivity index (χ1) is 21.5. The summed E-state index contributed by atoms with van der Waals surface area (Å²) in [6.45, 7) is 37.7. The molecule has 5 nitrogen and oxygen atoms in total. The van der Waals surface area contributed by atoms with Crippen LogP contribution in [0.25, 0.3) is 0 Å². The normalized spacial score (nSPS) is 17.4. The second-order valence-corrected chi connectivity index (χ2v) is 29.2. The minimum atomic E-state index is -1.97. The molecular formula is C38H78O5Si3. The summed E-state index contributed by atoms with van der Waals surface area (Å²) < 4.78 is 28.0. The Kier molecular flexibility index (Phi) is 21.3. The van der Waals surface area contributed by atoms with Crippen LogP contribution < -0.4 is 0 Å². The molecule has 0 aromatic heterocycles. The topological polar surface area (TPSA) is 54.0 Å². The average Bonchev–Trinajstić information content (AvgIpc) is 3.05. The largest absolute Gasteiger partial charge is 0.463 e. The van der Waals surface area contributed by atoms with Crippen LogP contribution in [0, 0.1) is 23.2 Å². The lowest BCUT2D eigenvalue weighted by atomic mass is 9.82. The van der Waals surface area contributed by atoms with Crippen LogP contribution in [-0.2, 0) is 22.8 Å². The van der Waals surface area contributed by atoms with Crippen LogP contribution in [0.4, 0.5) is 0 Å². The molecule has 0 N–H and O–H groups in total. The van der Waals surface area contributed by atoms with Crippen molar-refractivity contribution in [1.82, 2.24) is 0 Å². The second-order valence-electron chi connectivity index (χ2n) is 15.0. The molecule has 0 fully saturated rings. The molecule has 0 saturated carbocycles. The summed E-state index contributed by atoms with van der Waals surface area (Å²) in [5, 5.41) is 0. The average molecular weight is 699 g/mol. The zero-order valence-corrected chi connectivity index (χ0v) is 36.2. The van der Waals surface area contributed by atoms with Gasteiger partial charge in [0.15, 0.2) is 25.0 Å². The molecule has 46 heavy (non-hydrogen) atoms. The molecule has 0 radical (unpaired) electrons. The van der Waals surface area contributed by atoms with E-state index in [0.29, 0.717) is 6.61 Å². The number of hydrogen-bond donors (Lipinski definition) is 0. The summed E-state index contributed by atoms with van der Waals surface area (Å²) in [7, 11) is -5.84. The van der Waals surface area contributed by atoms with Crippen molar-refractivity contribution in [3.8, 4) is 0 Å². The van der Waals surface area contributed by atoms with Gasteiger partial charge < -0.3 is 18.0 Å². The molecule has 0 aliphatic carbocycles. The summed E-state index contributed by atoms with van der Waals surface area (Å²) >= 11 is 0. The van der Waals surface area contributed by atoms with Gasteiger partial charge in [0.25, 0.3) is 0 Å². The lowest BCUT2D eigenvalue weighted by Crippen LogP contribution is -2.52. The van der Waals surface area contributed by atoms with Gasteiger partial charge in [0.05, 0.1) is 23.7 Å². The van der Waals surface area contributed by atoms with E-state index < -0.39 is 30.4 Å². The summed E-state index contributed by atoms with van der Waals surface area (Å²) in [6, 6.07) is 9.85. The fraction of sp³-hybridized carbons (Fsp3) is 0.868. The fourth-order valence-corrected chi connectivity index (χ4v) is 15.9. The van der Waals surface area contributed by atoms with Crippen molar-refractivity contribution < 1.29 is 22.8 Å². The van der Waals surface area contributed by atoms with E-state index in [-0.39, 0.29) is 42.0 Å². The van der Waals surface area contributed by atoms with E-state index in [2.05, 4.69) is 102 Å². The van der Waals surface area contributed by atoms with Crippen molar-refractivity contribution in [3.63, 3.8) is 0 Å². The first kappa shape index (κ1) is 45.5. The third-order valence-electron chi connectivity index (χ3n) is 11.3. The van der Waals surface area contributed by atoms with Gasteiger partial charge in [0, 0.05) is 5.92 Å². The van der Waals surface area contributed by atoms with Gasteiger partial charge in [0.1, 0.15) is 6.61 Å². The number of rotatable bonds is 25. The van der Waals surface area contributed by atoms with Gasteiger partial charge in [-0.1, -0.05) is 108 Å². The molecule has 0 saturated heterocycles. The van der Waals surface area contributed by atoms with E-state index >= 15 is 0 Å². The first-order valence-corrected chi connectivity index (χ1v) is 26.6. The SMILES string of the molecule is C=C/C=C\[C@H](C)[C@H](O[Si](CC)(CC)CC)[C@H](C)[C@@H](O[Si](CC)(CC)CC)[C@@H](C)C[C@@H](COC(=O)C(C)(C)C)O[Si](CC)(CC)CC. The number of ether oxygens (including phenoxy) is 1. The summed E-state index contributed by atoms with van der Waals surface area (Å²) in [5.41, 5.74) is -0.548. The van der Waals surface area contributed by atoms with Gasteiger partial charge in [-0.15, -0.1) is 0 Å². The molecule has 0 unspecified atom stereocenters. The minimum Gasteiger partial charge on any atom is -0.463 e.